The highest BCUT2D eigenvalue weighted by molar-refractivity contribution is 9.10. The Morgan fingerprint density at radius 2 is 1.77 bits per heavy atom. The van der Waals surface area contributed by atoms with Gasteiger partial charge in [0, 0.05) is 6.54 Å². The zero-order chi connectivity index (χ0) is 19.2. The molecule has 0 unspecified atom stereocenters. The molecule has 2 rings (SSSR count). The quantitative estimate of drug-likeness (QED) is 0.697. The van der Waals surface area contributed by atoms with E-state index in [4.69, 9.17) is 9.47 Å². The van der Waals surface area contributed by atoms with Crippen LogP contribution >= 0.6 is 15.9 Å². The molecule has 0 fully saturated rings. The molecule has 0 aromatic heterocycles. The molecule has 0 heterocycles. The summed E-state index contributed by atoms with van der Waals surface area (Å²) in [7, 11) is 0. The van der Waals surface area contributed by atoms with Crippen molar-refractivity contribution < 1.29 is 14.3 Å². The minimum absolute atomic E-state index is 0.0233. The van der Waals surface area contributed by atoms with Crippen LogP contribution in [0.3, 0.4) is 0 Å². The monoisotopic (exact) mass is 419 g/mol. The first kappa shape index (κ1) is 20.3. The Bertz CT molecular complexity index is 736. The molecular weight excluding hydrogens is 394 g/mol. The summed E-state index contributed by atoms with van der Waals surface area (Å²) in [5.74, 6) is 1.33. The lowest BCUT2D eigenvalue weighted by molar-refractivity contribution is -0.123. The Kier molecular flexibility index (Phi) is 7.09. The van der Waals surface area contributed by atoms with Gasteiger partial charge in [-0.1, -0.05) is 39.0 Å². The van der Waals surface area contributed by atoms with Gasteiger partial charge >= 0.3 is 0 Å². The third-order valence-corrected chi connectivity index (χ3v) is 4.50. The molecule has 0 radical (unpaired) electrons. The average Bonchev–Trinajstić information content (AvgIpc) is 2.59. The second-order valence-corrected chi connectivity index (χ2v) is 7.89. The van der Waals surface area contributed by atoms with Gasteiger partial charge in [0.25, 0.3) is 5.91 Å². The fraction of sp³-hybridized carbons (Fsp3) is 0.381. The lowest BCUT2D eigenvalue weighted by Crippen LogP contribution is -2.28. The first-order chi connectivity index (χ1) is 12.3. The Morgan fingerprint density at radius 1 is 1.08 bits per heavy atom. The van der Waals surface area contributed by atoms with Crippen LogP contribution in [0.15, 0.2) is 46.9 Å². The van der Waals surface area contributed by atoms with Crippen LogP contribution < -0.4 is 14.8 Å². The van der Waals surface area contributed by atoms with Crippen molar-refractivity contribution >= 4 is 21.8 Å². The number of ether oxygens (including phenoxy) is 2. The van der Waals surface area contributed by atoms with E-state index in [0.717, 1.165) is 15.8 Å². The molecule has 0 aliphatic carbocycles. The predicted octanol–water partition coefficient (Wildman–Crippen LogP) is 4.84. The van der Waals surface area contributed by atoms with Crippen LogP contribution in [0.1, 0.15) is 38.8 Å². The van der Waals surface area contributed by atoms with Gasteiger partial charge in [-0.25, -0.2) is 0 Å². The molecule has 1 N–H and O–H groups in total. The van der Waals surface area contributed by atoms with Gasteiger partial charge in [-0.15, -0.1) is 0 Å². The summed E-state index contributed by atoms with van der Waals surface area (Å²) in [6.07, 6.45) is 0. The Morgan fingerprint density at radius 3 is 2.35 bits per heavy atom. The number of halogens is 1. The van der Waals surface area contributed by atoms with Crippen molar-refractivity contribution in [2.75, 3.05) is 13.2 Å². The second kappa shape index (κ2) is 9.08. The van der Waals surface area contributed by atoms with E-state index in [0.29, 0.717) is 18.9 Å². The predicted molar refractivity (Wildman–Crippen MR) is 108 cm³/mol. The van der Waals surface area contributed by atoms with Gasteiger partial charge in [-0.3, -0.25) is 4.79 Å². The molecule has 2 aromatic rings. The van der Waals surface area contributed by atoms with Crippen molar-refractivity contribution in [2.24, 2.45) is 0 Å². The van der Waals surface area contributed by atoms with Crippen molar-refractivity contribution in [1.29, 1.82) is 0 Å². The summed E-state index contributed by atoms with van der Waals surface area (Å²) >= 11 is 3.52. The molecule has 0 aliphatic rings. The Balaban J connectivity index is 1.83. The van der Waals surface area contributed by atoms with E-state index in [9.17, 15) is 4.79 Å². The van der Waals surface area contributed by atoms with Gasteiger partial charge in [0.05, 0.1) is 11.1 Å². The lowest BCUT2D eigenvalue weighted by Gasteiger charge is -2.20. The van der Waals surface area contributed by atoms with Crippen LogP contribution in [0.5, 0.6) is 11.5 Å². The number of carbonyl (C=O) groups is 1. The van der Waals surface area contributed by atoms with Crippen LogP contribution in [0.25, 0.3) is 0 Å². The van der Waals surface area contributed by atoms with Crippen LogP contribution in [0, 0.1) is 0 Å². The SMILES string of the molecule is CCOc1ccc(CNC(=O)COc2ccc(C(C)(C)C)cc2Br)cc1. The first-order valence-corrected chi connectivity index (χ1v) is 9.50. The molecule has 140 valence electrons. The van der Waals surface area contributed by atoms with E-state index < -0.39 is 0 Å². The number of benzene rings is 2. The highest BCUT2D eigenvalue weighted by atomic mass is 79.9. The zero-order valence-corrected chi connectivity index (χ0v) is 17.4. The van der Waals surface area contributed by atoms with E-state index in [-0.39, 0.29) is 17.9 Å². The van der Waals surface area contributed by atoms with Crippen LogP contribution in [0.4, 0.5) is 0 Å². The summed E-state index contributed by atoms with van der Waals surface area (Å²) in [4.78, 5) is 12.0. The average molecular weight is 420 g/mol. The van der Waals surface area contributed by atoms with Gasteiger partial charge in [0.2, 0.25) is 0 Å². The smallest absolute Gasteiger partial charge is 0.258 e. The first-order valence-electron chi connectivity index (χ1n) is 8.71. The fourth-order valence-corrected chi connectivity index (χ4v) is 2.84. The van der Waals surface area contributed by atoms with Crippen molar-refractivity contribution in [1.82, 2.24) is 5.32 Å². The van der Waals surface area contributed by atoms with E-state index in [1.807, 2.05) is 49.4 Å². The molecule has 1 amide bonds. The minimum Gasteiger partial charge on any atom is -0.494 e. The number of rotatable bonds is 7. The summed E-state index contributed by atoms with van der Waals surface area (Å²) in [6, 6.07) is 13.6. The molecule has 0 saturated heterocycles. The number of amides is 1. The number of carbonyl (C=O) groups excluding carboxylic acids is 1. The maximum atomic E-state index is 12.0. The second-order valence-electron chi connectivity index (χ2n) is 7.04. The van der Waals surface area contributed by atoms with E-state index >= 15 is 0 Å². The van der Waals surface area contributed by atoms with Gasteiger partial charge in [-0.2, -0.15) is 0 Å². The molecule has 0 bridgehead atoms. The lowest BCUT2D eigenvalue weighted by atomic mass is 9.87. The largest absolute Gasteiger partial charge is 0.494 e. The zero-order valence-electron chi connectivity index (χ0n) is 15.8. The van der Waals surface area contributed by atoms with Gasteiger partial charge in [0.15, 0.2) is 6.61 Å². The molecule has 0 atom stereocenters. The van der Waals surface area contributed by atoms with Crippen LogP contribution in [-0.4, -0.2) is 19.1 Å². The number of hydrogen-bond acceptors (Lipinski definition) is 3. The molecular formula is C21H26BrNO3. The highest BCUT2D eigenvalue weighted by Gasteiger charge is 2.15. The van der Waals surface area contributed by atoms with Crippen LogP contribution in [0.2, 0.25) is 0 Å². The third-order valence-electron chi connectivity index (χ3n) is 3.88. The van der Waals surface area contributed by atoms with Gasteiger partial charge in [-0.05, 0) is 63.7 Å². The van der Waals surface area contributed by atoms with E-state index in [1.54, 1.807) is 0 Å². The summed E-state index contributed by atoms with van der Waals surface area (Å²) in [5.41, 5.74) is 2.28. The number of hydrogen-bond donors (Lipinski definition) is 1. The Hall–Kier alpha value is -2.01. The van der Waals surface area contributed by atoms with E-state index in [1.165, 1.54) is 5.56 Å². The standard InChI is InChI=1S/C21H26BrNO3/c1-5-25-17-9-6-15(7-10-17)13-23-20(24)14-26-19-11-8-16(12-18(19)22)21(2,3)4/h6-12H,5,13-14H2,1-4H3,(H,23,24). The molecule has 0 saturated carbocycles. The maximum Gasteiger partial charge on any atom is 0.258 e. The maximum absolute atomic E-state index is 12.0. The van der Waals surface area contributed by atoms with Crippen molar-refractivity contribution in [3.05, 3.63) is 58.1 Å². The Labute approximate surface area is 164 Å². The third kappa shape index (κ3) is 6.06. The highest BCUT2D eigenvalue weighted by Crippen LogP contribution is 2.31. The molecule has 26 heavy (non-hydrogen) atoms. The number of nitrogens with one attached hydrogen (secondary N) is 1. The summed E-state index contributed by atoms with van der Waals surface area (Å²) in [5, 5.41) is 2.86. The van der Waals surface area contributed by atoms with Crippen molar-refractivity contribution in [2.45, 2.75) is 39.7 Å². The van der Waals surface area contributed by atoms with Crippen molar-refractivity contribution in [3.8, 4) is 11.5 Å². The van der Waals surface area contributed by atoms with Gasteiger partial charge in [0.1, 0.15) is 11.5 Å². The molecule has 2 aromatic carbocycles. The van der Waals surface area contributed by atoms with Crippen molar-refractivity contribution in [3.63, 3.8) is 0 Å². The molecule has 0 aliphatic heterocycles. The topological polar surface area (TPSA) is 47.6 Å². The summed E-state index contributed by atoms with van der Waals surface area (Å²) < 4.78 is 11.9. The molecule has 4 nitrogen and oxygen atoms in total. The minimum atomic E-state index is -0.161. The van der Waals surface area contributed by atoms with Crippen LogP contribution in [-0.2, 0) is 16.8 Å². The van der Waals surface area contributed by atoms with E-state index in [2.05, 4.69) is 42.0 Å². The fourth-order valence-electron chi connectivity index (χ4n) is 2.35. The molecule has 5 heteroatoms. The molecule has 0 spiro atoms. The van der Waals surface area contributed by atoms with Gasteiger partial charge < -0.3 is 14.8 Å². The normalized spacial score (nSPS) is 11.1. The summed E-state index contributed by atoms with van der Waals surface area (Å²) in [6.45, 7) is 9.49.